The molecular formula is C11H10ClF8NO. The Hall–Kier alpha value is -1.29. The van der Waals surface area contributed by atoms with Crippen LogP contribution in [0.5, 0.6) is 5.75 Å². The van der Waals surface area contributed by atoms with Crippen molar-refractivity contribution in [2.75, 3.05) is 7.11 Å². The van der Waals surface area contributed by atoms with E-state index in [1.807, 2.05) is 0 Å². The molecule has 128 valence electrons. The van der Waals surface area contributed by atoms with E-state index in [1.54, 1.807) is 0 Å². The molecule has 0 saturated heterocycles. The molecule has 1 aromatic rings. The van der Waals surface area contributed by atoms with Crippen molar-refractivity contribution in [2.24, 2.45) is 5.73 Å². The normalized spacial score (nSPS) is 14.3. The van der Waals surface area contributed by atoms with Crippen LogP contribution in [0.4, 0.5) is 35.1 Å². The van der Waals surface area contributed by atoms with Gasteiger partial charge in [-0.3, -0.25) is 0 Å². The van der Waals surface area contributed by atoms with Crippen LogP contribution < -0.4 is 10.5 Å². The first-order valence-electron chi connectivity index (χ1n) is 5.27. The highest BCUT2D eigenvalue weighted by Gasteiger charge is 2.62. The van der Waals surface area contributed by atoms with Gasteiger partial charge in [-0.1, -0.05) is 6.07 Å². The van der Waals surface area contributed by atoms with Crippen molar-refractivity contribution in [1.82, 2.24) is 0 Å². The summed E-state index contributed by atoms with van der Waals surface area (Å²) in [5.41, 5.74) is 2.72. The summed E-state index contributed by atoms with van der Waals surface area (Å²) in [6, 6.07) is -1.80. The predicted octanol–water partition coefficient (Wildman–Crippen LogP) is 4.33. The Kier molecular flexibility index (Phi) is 6.07. The average Bonchev–Trinajstić information content (AvgIpc) is 2.34. The van der Waals surface area contributed by atoms with E-state index in [4.69, 9.17) is 5.73 Å². The van der Waals surface area contributed by atoms with Crippen LogP contribution in [-0.2, 0) is 6.18 Å². The monoisotopic (exact) mass is 359 g/mol. The Labute approximate surface area is 125 Å². The number of hydrogen-bond acceptors (Lipinski definition) is 2. The van der Waals surface area contributed by atoms with Crippen molar-refractivity contribution < 1.29 is 39.9 Å². The zero-order chi connectivity index (χ0) is 16.6. The smallest absolute Gasteiger partial charge is 0.455 e. The van der Waals surface area contributed by atoms with Gasteiger partial charge in [0.25, 0.3) is 0 Å². The molecule has 0 saturated carbocycles. The van der Waals surface area contributed by atoms with E-state index in [1.165, 1.54) is 0 Å². The summed E-state index contributed by atoms with van der Waals surface area (Å²) in [4.78, 5) is 0. The van der Waals surface area contributed by atoms with Gasteiger partial charge >= 0.3 is 18.3 Å². The molecule has 1 rings (SSSR count). The molecule has 11 heteroatoms. The minimum absolute atomic E-state index is 0. The molecule has 1 atom stereocenters. The van der Waals surface area contributed by atoms with Crippen LogP contribution in [0, 0.1) is 0 Å². The Morgan fingerprint density at radius 2 is 1.50 bits per heavy atom. The van der Waals surface area contributed by atoms with Gasteiger partial charge in [-0.25, -0.2) is 0 Å². The zero-order valence-electron chi connectivity index (χ0n) is 10.7. The number of alkyl halides is 8. The number of benzene rings is 1. The van der Waals surface area contributed by atoms with Gasteiger partial charge in [0.05, 0.1) is 12.7 Å². The Morgan fingerprint density at radius 3 is 1.86 bits per heavy atom. The Morgan fingerprint density at radius 1 is 1.00 bits per heavy atom. The van der Waals surface area contributed by atoms with Crippen molar-refractivity contribution in [3.63, 3.8) is 0 Å². The van der Waals surface area contributed by atoms with Crippen LogP contribution in [0.15, 0.2) is 18.2 Å². The van der Waals surface area contributed by atoms with Gasteiger partial charge in [0.1, 0.15) is 11.8 Å². The largest absolute Gasteiger partial charge is 0.496 e. The van der Waals surface area contributed by atoms with Gasteiger partial charge in [-0.05, 0) is 12.1 Å². The van der Waals surface area contributed by atoms with Crippen molar-refractivity contribution in [3.8, 4) is 5.75 Å². The van der Waals surface area contributed by atoms with Crippen LogP contribution in [0.25, 0.3) is 0 Å². The molecule has 0 spiro atoms. The highest BCUT2D eigenvalue weighted by molar-refractivity contribution is 5.85. The summed E-state index contributed by atoms with van der Waals surface area (Å²) in [7, 11) is 0.831. The summed E-state index contributed by atoms with van der Waals surface area (Å²) in [5.74, 6) is -6.12. The maximum absolute atomic E-state index is 13.1. The topological polar surface area (TPSA) is 35.2 Å². The summed E-state index contributed by atoms with van der Waals surface area (Å²) in [6.07, 6.45) is -10.7. The lowest BCUT2D eigenvalue weighted by molar-refractivity contribution is -0.291. The first-order valence-corrected chi connectivity index (χ1v) is 5.27. The molecule has 0 fully saturated rings. The van der Waals surface area contributed by atoms with Crippen LogP contribution in [0.3, 0.4) is 0 Å². The fourth-order valence-electron chi connectivity index (χ4n) is 1.52. The highest BCUT2D eigenvalue weighted by Crippen LogP contribution is 2.46. The summed E-state index contributed by atoms with van der Waals surface area (Å²) in [5, 5.41) is 0. The van der Waals surface area contributed by atoms with Crippen molar-refractivity contribution in [3.05, 3.63) is 29.3 Å². The lowest BCUT2D eigenvalue weighted by Gasteiger charge is -2.27. The van der Waals surface area contributed by atoms with E-state index < -0.39 is 41.2 Å². The summed E-state index contributed by atoms with van der Waals surface area (Å²) < 4.78 is 105. The number of rotatable bonds is 3. The molecule has 0 bridgehead atoms. The highest BCUT2D eigenvalue weighted by atomic mass is 35.5. The number of halogens is 9. The second-order valence-corrected chi connectivity index (χ2v) is 4.05. The number of methoxy groups -OCH3 is 1. The molecule has 2 nitrogen and oxygen atoms in total. The standard InChI is InChI=1S/C11H9F8NO.ClH/c1-21-7-4-5(10(14,15)16)2-3-6(7)8(20)9(12,13)11(17,18)19;/h2-4,8H,20H2,1H3;1H/t8-;/m1./s1. The lowest BCUT2D eigenvalue weighted by Crippen LogP contribution is -2.46. The van der Waals surface area contributed by atoms with Gasteiger partial charge < -0.3 is 10.5 Å². The third-order valence-corrected chi connectivity index (χ3v) is 2.66. The fraction of sp³-hybridized carbons (Fsp3) is 0.455. The van der Waals surface area contributed by atoms with E-state index in [0.717, 1.165) is 7.11 Å². The van der Waals surface area contributed by atoms with Gasteiger partial charge in [0.15, 0.2) is 0 Å². The second kappa shape index (κ2) is 6.45. The number of hydrogen-bond donors (Lipinski definition) is 1. The lowest BCUT2D eigenvalue weighted by atomic mass is 9.98. The first kappa shape index (κ1) is 20.7. The Balaban J connectivity index is 0.00000441. The molecule has 0 amide bonds. The number of nitrogens with two attached hydrogens (primary N) is 1. The van der Waals surface area contributed by atoms with E-state index in [2.05, 4.69) is 4.74 Å². The van der Waals surface area contributed by atoms with E-state index >= 15 is 0 Å². The molecule has 2 N–H and O–H groups in total. The van der Waals surface area contributed by atoms with Gasteiger partial charge in [0, 0.05) is 5.56 Å². The molecule has 0 aromatic heterocycles. The predicted molar refractivity (Wildman–Crippen MR) is 63.2 cm³/mol. The van der Waals surface area contributed by atoms with Crippen LogP contribution in [0.2, 0.25) is 0 Å². The fourth-order valence-corrected chi connectivity index (χ4v) is 1.52. The van der Waals surface area contributed by atoms with Gasteiger partial charge in [-0.2, -0.15) is 35.1 Å². The summed E-state index contributed by atoms with van der Waals surface area (Å²) in [6.45, 7) is 0. The third-order valence-electron chi connectivity index (χ3n) is 2.66. The maximum Gasteiger partial charge on any atom is 0.455 e. The van der Waals surface area contributed by atoms with Crippen LogP contribution in [-0.4, -0.2) is 19.2 Å². The van der Waals surface area contributed by atoms with Crippen molar-refractivity contribution in [2.45, 2.75) is 24.3 Å². The zero-order valence-corrected chi connectivity index (χ0v) is 11.5. The van der Waals surface area contributed by atoms with Crippen LogP contribution in [0.1, 0.15) is 17.2 Å². The maximum atomic E-state index is 13.1. The molecule has 22 heavy (non-hydrogen) atoms. The molecule has 0 radical (unpaired) electrons. The minimum atomic E-state index is -5.94. The van der Waals surface area contributed by atoms with E-state index in [-0.39, 0.29) is 12.4 Å². The number of ether oxygens (including phenoxy) is 1. The van der Waals surface area contributed by atoms with Gasteiger partial charge in [0.2, 0.25) is 0 Å². The molecule has 0 aliphatic rings. The SMILES string of the molecule is COc1cc(C(F)(F)F)ccc1[C@@H](N)C(F)(F)C(F)(F)F.Cl. The Bertz CT molecular complexity index is 514. The van der Waals surface area contributed by atoms with E-state index in [0.29, 0.717) is 18.2 Å². The van der Waals surface area contributed by atoms with Crippen LogP contribution >= 0.6 is 12.4 Å². The first-order chi connectivity index (χ1) is 9.32. The second-order valence-electron chi connectivity index (χ2n) is 4.05. The third kappa shape index (κ3) is 3.92. The molecule has 0 aliphatic heterocycles. The summed E-state index contributed by atoms with van der Waals surface area (Å²) >= 11 is 0. The minimum Gasteiger partial charge on any atom is -0.496 e. The van der Waals surface area contributed by atoms with Crippen molar-refractivity contribution >= 4 is 12.4 Å². The molecule has 1 aromatic carbocycles. The van der Waals surface area contributed by atoms with E-state index in [9.17, 15) is 35.1 Å². The molecule has 0 unspecified atom stereocenters. The molecular weight excluding hydrogens is 350 g/mol. The molecule has 0 heterocycles. The van der Waals surface area contributed by atoms with Crippen molar-refractivity contribution in [1.29, 1.82) is 0 Å². The van der Waals surface area contributed by atoms with Gasteiger partial charge in [-0.15, -0.1) is 12.4 Å². The average molecular weight is 360 g/mol. The molecule has 0 aliphatic carbocycles. The quantitative estimate of drug-likeness (QED) is 0.815.